The number of carbonyl (C=O) groups is 1. The van der Waals surface area contributed by atoms with Crippen molar-refractivity contribution in [2.45, 2.75) is 36.8 Å². The Kier molecular flexibility index (Phi) is 5.55. The molecule has 0 fully saturated rings. The highest BCUT2D eigenvalue weighted by molar-refractivity contribution is 8.00. The van der Waals surface area contributed by atoms with Crippen LogP contribution in [0.3, 0.4) is 0 Å². The zero-order valence-corrected chi connectivity index (χ0v) is 14.3. The molecule has 1 aromatic carbocycles. The Hall–Kier alpha value is -1.18. The Bertz CT molecular complexity index is 706. The number of ketones is 1. The first-order valence-corrected chi connectivity index (χ1v) is 8.77. The minimum atomic E-state index is -0.116. The largest absolute Gasteiger partial charge is 0.507 e. The van der Waals surface area contributed by atoms with Crippen molar-refractivity contribution in [3.63, 3.8) is 0 Å². The van der Waals surface area contributed by atoms with Crippen LogP contribution in [-0.4, -0.2) is 21.1 Å². The molecular formula is C14H16N2O2S3. The number of aromatic hydroxyl groups is 1. The highest BCUT2D eigenvalue weighted by Crippen LogP contribution is 2.32. The van der Waals surface area contributed by atoms with E-state index in [9.17, 15) is 9.90 Å². The van der Waals surface area contributed by atoms with E-state index in [4.69, 9.17) is 12.2 Å². The average molecular weight is 340 g/mol. The number of H-pyrrole nitrogens is 1. The van der Waals surface area contributed by atoms with Gasteiger partial charge >= 0.3 is 0 Å². The third-order valence-electron chi connectivity index (χ3n) is 3.03. The van der Waals surface area contributed by atoms with Gasteiger partial charge in [0.05, 0.1) is 5.56 Å². The van der Waals surface area contributed by atoms with Crippen LogP contribution < -0.4 is 0 Å². The molecule has 0 saturated carbocycles. The lowest BCUT2D eigenvalue weighted by Gasteiger charge is -2.12. The van der Waals surface area contributed by atoms with E-state index >= 15 is 0 Å². The fraction of sp³-hybridized carbons (Fsp3) is 0.357. The van der Waals surface area contributed by atoms with Gasteiger partial charge in [-0.05, 0) is 42.8 Å². The molecule has 0 saturated heterocycles. The molecule has 2 N–H and O–H groups in total. The quantitative estimate of drug-likeness (QED) is 0.465. The number of rotatable bonds is 6. The van der Waals surface area contributed by atoms with Crippen molar-refractivity contribution in [1.82, 2.24) is 10.2 Å². The van der Waals surface area contributed by atoms with Gasteiger partial charge in [-0.25, -0.2) is 0 Å². The van der Waals surface area contributed by atoms with Crippen LogP contribution in [0.1, 0.15) is 41.8 Å². The summed E-state index contributed by atoms with van der Waals surface area (Å²) in [6, 6.07) is 3.61. The van der Waals surface area contributed by atoms with Gasteiger partial charge in [-0.1, -0.05) is 42.5 Å². The van der Waals surface area contributed by atoms with Crippen LogP contribution in [-0.2, 0) is 12.2 Å². The van der Waals surface area contributed by atoms with Gasteiger partial charge in [-0.15, -0.1) is 0 Å². The number of thioether (sulfide) groups is 1. The molecule has 0 amide bonds. The lowest BCUT2D eigenvalue weighted by Crippen LogP contribution is -2.00. The number of nitrogens with zero attached hydrogens (tertiary/aromatic N) is 1. The van der Waals surface area contributed by atoms with E-state index in [1.807, 2.05) is 6.07 Å². The third-order valence-corrected chi connectivity index (χ3v) is 5.31. The van der Waals surface area contributed by atoms with Crippen molar-refractivity contribution >= 4 is 41.1 Å². The van der Waals surface area contributed by atoms with Gasteiger partial charge in [-0.2, -0.15) is 5.10 Å². The van der Waals surface area contributed by atoms with E-state index in [1.165, 1.54) is 18.3 Å². The molecule has 0 radical (unpaired) electrons. The molecule has 2 aromatic rings. The molecule has 1 heterocycles. The fourth-order valence-corrected chi connectivity index (χ4v) is 4.15. The Morgan fingerprint density at radius 2 is 2.29 bits per heavy atom. The molecule has 0 bridgehead atoms. The summed E-state index contributed by atoms with van der Waals surface area (Å²) in [5.74, 6) is 0.698. The fourth-order valence-electron chi connectivity index (χ4n) is 2.04. The zero-order valence-electron chi connectivity index (χ0n) is 11.8. The summed E-state index contributed by atoms with van der Waals surface area (Å²) in [5.41, 5.74) is 2.28. The smallest absolute Gasteiger partial charge is 0.177 e. The molecule has 0 aliphatic heterocycles. The first kappa shape index (κ1) is 16.2. The number of carbonyl (C=O) groups excluding carboxylic acids is 1. The topological polar surface area (TPSA) is 66.0 Å². The highest BCUT2D eigenvalue weighted by Gasteiger charge is 2.15. The Balaban J connectivity index is 2.27. The molecule has 1 aromatic heterocycles. The van der Waals surface area contributed by atoms with Crippen molar-refractivity contribution in [1.29, 1.82) is 0 Å². The lowest BCUT2D eigenvalue weighted by molar-refractivity contribution is 0.101. The molecule has 21 heavy (non-hydrogen) atoms. The van der Waals surface area contributed by atoms with Crippen molar-refractivity contribution in [2.24, 2.45) is 0 Å². The van der Waals surface area contributed by atoms with Crippen molar-refractivity contribution in [3.05, 3.63) is 32.8 Å². The Morgan fingerprint density at radius 1 is 1.52 bits per heavy atom. The summed E-state index contributed by atoms with van der Waals surface area (Å²) in [5, 5.41) is 17.2. The second kappa shape index (κ2) is 7.20. The van der Waals surface area contributed by atoms with E-state index in [1.54, 1.807) is 17.8 Å². The summed E-state index contributed by atoms with van der Waals surface area (Å²) >= 11 is 8.01. The number of benzene rings is 1. The summed E-state index contributed by atoms with van der Waals surface area (Å²) in [4.78, 5) is 11.5. The van der Waals surface area contributed by atoms with Gasteiger partial charge in [0.15, 0.2) is 14.1 Å². The molecule has 0 aliphatic carbocycles. The lowest BCUT2D eigenvalue weighted by atomic mass is 9.98. The predicted octanol–water partition coefficient (Wildman–Crippen LogP) is 4.35. The van der Waals surface area contributed by atoms with Gasteiger partial charge in [0.2, 0.25) is 0 Å². The van der Waals surface area contributed by atoms with Crippen LogP contribution in [0.5, 0.6) is 5.75 Å². The molecule has 0 aliphatic rings. The van der Waals surface area contributed by atoms with Crippen LogP contribution in [0.15, 0.2) is 16.5 Å². The van der Waals surface area contributed by atoms with E-state index in [0.717, 1.165) is 28.3 Å². The van der Waals surface area contributed by atoms with Crippen molar-refractivity contribution < 1.29 is 9.90 Å². The summed E-state index contributed by atoms with van der Waals surface area (Å²) in [6.45, 7) is 3.52. The molecule has 0 atom stereocenters. The molecule has 2 rings (SSSR count). The Labute approximate surface area is 136 Å². The maximum atomic E-state index is 11.5. The molecule has 112 valence electrons. The number of nitrogens with one attached hydrogen (secondary N) is 1. The molecular weight excluding hydrogens is 324 g/mol. The van der Waals surface area contributed by atoms with Crippen LogP contribution >= 0.6 is 35.3 Å². The van der Waals surface area contributed by atoms with Crippen LogP contribution in [0, 0.1) is 3.95 Å². The first-order valence-electron chi connectivity index (χ1n) is 6.56. The van der Waals surface area contributed by atoms with E-state index in [-0.39, 0.29) is 11.5 Å². The number of hydrogen-bond acceptors (Lipinski definition) is 6. The number of phenolic OH excluding ortho intramolecular Hbond substituents is 1. The third kappa shape index (κ3) is 3.93. The van der Waals surface area contributed by atoms with Crippen LogP contribution in [0.2, 0.25) is 0 Å². The number of phenols is 1. The SMILES string of the molecule is CCCc1c(CSc2n[nH]c(=S)s2)ccc(C(C)=O)c1O. The first-order chi connectivity index (χ1) is 10.0. The Morgan fingerprint density at radius 3 is 2.86 bits per heavy atom. The van der Waals surface area contributed by atoms with Gasteiger partial charge in [0, 0.05) is 5.75 Å². The maximum absolute atomic E-state index is 11.5. The van der Waals surface area contributed by atoms with E-state index in [2.05, 4.69) is 17.1 Å². The van der Waals surface area contributed by atoms with Crippen LogP contribution in [0.4, 0.5) is 0 Å². The maximum Gasteiger partial charge on any atom is 0.177 e. The molecule has 7 heteroatoms. The number of aromatic amines is 1. The van der Waals surface area contributed by atoms with Crippen molar-refractivity contribution in [2.75, 3.05) is 0 Å². The molecule has 0 spiro atoms. The van der Waals surface area contributed by atoms with Gasteiger partial charge < -0.3 is 5.11 Å². The summed E-state index contributed by atoms with van der Waals surface area (Å²) in [6.07, 6.45) is 1.66. The monoisotopic (exact) mass is 340 g/mol. The highest BCUT2D eigenvalue weighted by atomic mass is 32.2. The predicted molar refractivity (Wildman–Crippen MR) is 89.0 cm³/mol. The standard InChI is InChI=1S/C14H16N2O2S3/c1-3-4-11-9(5-6-10(8(2)17)12(11)18)7-20-14-16-15-13(19)21-14/h5-6,18H,3-4,7H2,1-2H3,(H,15,19). The number of Topliss-reactive ketones (excluding diaryl/α,β-unsaturated/α-hetero) is 1. The van der Waals surface area contributed by atoms with Crippen LogP contribution in [0.25, 0.3) is 0 Å². The normalized spacial score (nSPS) is 10.8. The molecule has 0 unspecified atom stereocenters. The van der Waals surface area contributed by atoms with E-state index < -0.39 is 0 Å². The zero-order chi connectivity index (χ0) is 15.4. The van der Waals surface area contributed by atoms with Gasteiger partial charge in [0.25, 0.3) is 0 Å². The second-order valence-electron chi connectivity index (χ2n) is 4.57. The van der Waals surface area contributed by atoms with E-state index in [0.29, 0.717) is 15.3 Å². The molecule has 4 nitrogen and oxygen atoms in total. The summed E-state index contributed by atoms with van der Waals surface area (Å²) < 4.78 is 1.53. The van der Waals surface area contributed by atoms with Crippen molar-refractivity contribution in [3.8, 4) is 5.75 Å². The minimum Gasteiger partial charge on any atom is -0.507 e. The summed E-state index contributed by atoms with van der Waals surface area (Å²) in [7, 11) is 0. The second-order valence-corrected chi connectivity index (χ2v) is 7.46. The van der Waals surface area contributed by atoms with Gasteiger partial charge in [0.1, 0.15) is 5.75 Å². The minimum absolute atomic E-state index is 0.116. The number of hydrogen-bond donors (Lipinski definition) is 2. The number of aromatic nitrogens is 2. The van der Waals surface area contributed by atoms with Gasteiger partial charge in [-0.3, -0.25) is 9.89 Å². The average Bonchev–Trinajstić information content (AvgIpc) is 2.85.